The Morgan fingerprint density at radius 1 is 1.18 bits per heavy atom. The maximum Gasteiger partial charge on any atom is 0.0694 e. The third-order valence-corrected chi connectivity index (χ3v) is 2.96. The molecule has 0 bridgehead atoms. The fraction of sp³-hybridized carbons (Fsp3) is 0.615. The van der Waals surface area contributed by atoms with Gasteiger partial charge in [-0.05, 0) is 25.3 Å². The van der Waals surface area contributed by atoms with Crippen LogP contribution in [0.1, 0.15) is 32.6 Å². The quantitative estimate of drug-likeness (QED) is 0.822. The van der Waals surface area contributed by atoms with E-state index in [2.05, 4.69) is 33.7 Å². The first-order chi connectivity index (χ1) is 8.38. The molecule has 1 fully saturated rings. The van der Waals surface area contributed by atoms with Gasteiger partial charge < -0.3 is 10.7 Å². The first-order valence-electron chi connectivity index (χ1n) is 6.59. The van der Waals surface area contributed by atoms with Crippen LogP contribution in [0.2, 0.25) is 0 Å². The average Bonchev–Trinajstić information content (AvgIpc) is 2.38. The third kappa shape index (κ3) is 3.89. The van der Waals surface area contributed by atoms with Gasteiger partial charge in [0.05, 0.1) is 23.8 Å². The molecule has 0 radical (unpaired) electrons. The van der Waals surface area contributed by atoms with Gasteiger partial charge in [0, 0.05) is 19.6 Å². The van der Waals surface area contributed by atoms with Crippen LogP contribution in [0.5, 0.6) is 0 Å². The van der Waals surface area contributed by atoms with Crippen molar-refractivity contribution in [2.45, 2.75) is 32.6 Å². The largest absolute Gasteiger partial charge is 0.384 e. The zero-order valence-corrected chi connectivity index (χ0v) is 10.6. The minimum absolute atomic E-state index is 0.995. The Morgan fingerprint density at radius 2 is 1.94 bits per heavy atom. The summed E-state index contributed by atoms with van der Waals surface area (Å²) in [6.45, 7) is 5.42. The van der Waals surface area contributed by atoms with E-state index in [0.717, 1.165) is 37.4 Å². The molecule has 4 heteroatoms. The Bertz CT molecular complexity index is 334. The van der Waals surface area contributed by atoms with Crippen LogP contribution in [0.25, 0.3) is 0 Å². The number of piperidine rings is 1. The summed E-state index contributed by atoms with van der Waals surface area (Å²) in [6.07, 6.45) is 8.81. The second-order valence-electron chi connectivity index (χ2n) is 4.55. The van der Waals surface area contributed by atoms with Gasteiger partial charge in [0.15, 0.2) is 0 Å². The van der Waals surface area contributed by atoms with Gasteiger partial charge in [0.1, 0.15) is 0 Å². The van der Waals surface area contributed by atoms with Gasteiger partial charge in [0.25, 0.3) is 0 Å². The number of anilines is 2. The Kier molecular flexibility index (Phi) is 4.62. The predicted molar refractivity (Wildman–Crippen MR) is 72.1 cm³/mol. The van der Waals surface area contributed by atoms with Crippen LogP contribution < -0.4 is 10.7 Å². The van der Waals surface area contributed by atoms with Gasteiger partial charge >= 0.3 is 0 Å². The highest BCUT2D eigenvalue weighted by atomic mass is 15.5. The van der Waals surface area contributed by atoms with Crippen LogP contribution in [0.4, 0.5) is 11.4 Å². The molecule has 0 unspecified atom stereocenters. The predicted octanol–water partition coefficient (Wildman–Crippen LogP) is 2.72. The van der Waals surface area contributed by atoms with Gasteiger partial charge in [-0.2, -0.15) is 0 Å². The number of hydrogen-bond acceptors (Lipinski definition) is 4. The SMILES string of the molecule is CCCNc1cncc(NN2CCCCC2)c1. The van der Waals surface area contributed by atoms with Crippen LogP contribution in [0, 0.1) is 0 Å². The number of nitrogens with one attached hydrogen (secondary N) is 2. The molecule has 0 aliphatic carbocycles. The van der Waals surface area contributed by atoms with Crippen molar-refractivity contribution in [3.63, 3.8) is 0 Å². The van der Waals surface area contributed by atoms with Crippen LogP contribution in [0.3, 0.4) is 0 Å². The highest BCUT2D eigenvalue weighted by Gasteiger charge is 2.09. The number of hydrazine groups is 1. The summed E-state index contributed by atoms with van der Waals surface area (Å²) >= 11 is 0. The smallest absolute Gasteiger partial charge is 0.0694 e. The molecule has 1 aromatic heterocycles. The number of pyridine rings is 1. The maximum atomic E-state index is 4.25. The van der Waals surface area contributed by atoms with Crippen LogP contribution in [-0.2, 0) is 0 Å². The Balaban J connectivity index is 1.90. The fourth-order valence-electron chi connectivity index (χ4n) is 2.06. The maximum absolute atomic E-state index is 4.25. The molecule has 0 spiro atoms. The molecule has 2 heterocycles. The molecule has 0 aromatic carbocycles. The molecule has 1 aliphatic heterocycles. The highest BCUT2D eigenvalue weighted by Crippen LogP contribution is 2.16. The van der Waals surface area contributed by atoms with Crippen molar-refractivity contribution in [1.82, 2.24) is 9.99 Å². The van der Waals surface area contributed by atoms with Crippen molar-refractivity contribution in [1.29, 1.82) is 0 Å². The first kappa shape index (κ1) is 12.2. The zero-order chi connectivity index (χ0) is 11.9. The molecule has 2 rings (SSSR count). The Labute approximate surface area is 103 Å². The van der Waals surface area contributed by atoms with E-state index in [1.807, 2.05) is 12.4 Å². The number of aromatic nitrogens is 1. The van der Waals surface area contributed by atoms with Crippen LogP contribution in [-0.4, -0.2) is 29.6 Å². The van der Waals surface area contributed by atoms with Gasteiger partial charge in [0.2, 0.25) is 0 Å². The summed E-state index contributed by atoms with van der Waals surface area (Å²) in [5, 5.41) is 5.63. The first-order valence-corrected chi connectivity index (χ1v) is 6.59. The van der Waals surface area contributed by atoms with E-state index >= 15 is 0 Å². The van der Waals surface area contributed by atoms with Gasteiger partial charge in [-0.25, -0.2) is 5.01 Å². The van der Waals surface area contributed by atoms with E-state index in [4.69, 9.17) is 0 Å². The molecular formula is C13H22N4. The van der Waals surface area contributed by atoms with Crippen molar-refractivity contribution in [3.8, 4) is 0 Å². The van der Waals surface area contributed by atoms with Gasteiger partial charge in [-0.15, -0.1) is 0 Å². The molecular weight excluding hydrogens is 212 g/mol. The second-order valence-corrected chi connectivity index (χ2v) is 4.55. The van der Waals surface area contributed by atoms with Crippen molar-refractivity contribution >= 4 is 11.4 Å². The lowest BCUT2D eigenvalue weighted by Gasteiger charge is -2.27. The minimum atomic E-state index is 0.995. The van der Waals surface area contributed by atoms with E-state index in [1.54, 1.807) is 0 Å². The number of nitrogens with zero attached hydrogens (tertiary/aromatic N) is 2. The summed E-state index contributed by atoms with van der Waals surface area (Å²) < 4.78 is 0. The lowest BCUT2D eigenvalue weighted by molar-refractivity contribution is 0.273. The van der Waals surface area contributed by atoms with E-state index in [9.17, 15) is 0 Å². The normalized spacial score (nSPS) is 16.8. The lowest BCUT2D eigenvalue weighted by atomic mass is 10.2. The molecule has 0 saturated carbocycles. The fourth-order valence-corrected chi connectivity index (χ4v) is 2.06. The van der Waals surface area contributed by atoms with E-state index in [1.165, 1.54) is 19.3 Å². The third-order valence-electron chi connectivity index (χ3n) is 2.96. The van der Waals surface area contributed by atoms with Gasteiger partial charge in [-0.3, -0.25) is 4.98 Å². The summed E-state index contributed by atoms with van der Waals surface area (Å²) in [7, 11) is 0. The lowest BCUT2D eigenvalue weighted by Crippen LogP contribution is -2.34. The molecule has 2 N–H and O–H groups in total. The summed E-state index contributed by atoms with van der Waals surface area (Å²) in [5.41, 5.74) is 5.60. The Morgan fingerprint density at radius 3 is 2.71 bits per heavy atom. The molecule has 1 saturated heterocycles. The summed E-state index contributed by atoms with van der Waals surface area (Å²) in [4.78, 5) is 4.25. The average molecular weight is 234 g/mol. The molecule has 94 valence electrons. The van der Waals surface area contributed by atoms with Crippen molar-refractivity contribution in [2.75, 3.05) is 30.4 Å². The van der Waals surface area contributed by atoms with E-state index in [-0.39, 0.29) is 0 Å². The van der Waals surface area contributed by atoms with Crippen molar-refractivity contribution < 1.29 is 0 Å². The summed E-state index contributed by atoms with van der Waals surface area (Å²) in [6, 6.07) is 2.12. The second kappa shape index (κ2) is 6.45. The standard InChI is InChI=1S/C13H22N4/c1-2-6-15-12-9-13(11-14-10-12)16-17-7-4-3-5-8-17/h9-11,15-16H,2-8H2,1H3. The zero-order valence-electron chi connectivity index (χ0n) is 10.6. The topological polar surface area (TPSA) is 40.2 Å². The number of hydrogen-bond donors (Lipinski definition) is 2. The van der Waals surface area contributed by atoms with Crippen molar-refractivity contribution in [3.05, 3.63) is 18.5 Å². The van der Waals surface area contributed by atoms with E-state index < -0.39 is 0 Å². The molecule has 0 atom stereocenters. The van der Waals surface area contributed by atoms with Crippen LogP contribution >= 0.6 is 0 Å². The molecule has 0 amide bonds. The Hall–Kier alpha value is -1.29. The van der Waals surface area contributed by atoms with Crippen LogP contribution in [0.15, 0.2) is 18.5 Å². The van der Waals surface area contributed by atoms with Gasteiger partial charge in [-0.1, -0.05) is 13.3 Å². The molecule has 17 heavy (non-hydrogen) atoms. The monoisotopic (exact) mass is 234 g/mol. The van der Waals surface area contributed by atoms with Crippen molar-refractivity contribution in [2.24, 2.45) is 0 Å². The molecule has 1 aliphatic rings. The summed E-state index contributed by atoms with van der Waals surface area (Å²) in [5.74, 6) is 0. The highest BCUT2D eigenvalue weighted by molar-refractivity contribution is 5.53. The molecule has 4 nitrogen and oxygen atoms in total. The molecule has 1 aromatic rings. The van der Waals surface area contributed by atoms with E-state index in [0.29, 0.717) is 0 Å². The number of rotatable bonds is 5. The minimum Gasteiger partial charge on any atom is -0.384 e.